The topological polar surface area (TPSA) is 80.5 Å². The number of anilines is 1. The van der Waals surface area contributed by atoms with Crippen LogP contribution in [0.2, 0.25) is 5.02 Å². The zero-order chi connectivity index (χ0) is 16.0. The SMILES string of the molecule is O=C1c2ccccc2C(=O)N1c1cc(Cl)c(F)cc1[N+](=O)[O-]. The van der Waals surface area contributed by atoms with Gasteiger partial charge in [0.05, 0.1) is 27.1 Å². The maximum absolute atomic E-state index is 13.4. The Bertz CT molecular complexity index is 818. The molecule has 0 fully saturated rings. The third-order valence-electron chi connectivity index (χ3n) is 3.25. The van der Waals surface area contributed by atoms with E-state index in [2.05, 4.69) is 0 Å². The lowest BCUT2D eigenvalue weighted by atomic mass is 10.1. The van der Waals surface area contributed by atoms with E-state index in [0.29, 0.717) is 11.0 Å². The summed E-state index contributed by atoms with van der Waals surface area (Å²) in [5, 5.41) is 10.7. The van der Waals surface area contributed by atoms with Crippen molar-refractivity contribution in [1.82, 2.24) is 0 Å². The van der Waals surface area contributed by atoms with Crippen LogP contribution in [0.15, 0.2) is 36.4 Å². The lowest BCUT2D eigenvalue weighted by Gasteiger charge is -2.14. The van der Waals surface area contributed by atoms with Crippen molar-refractivity contribution in [3.05, 3.63) is 68.5 Å². The first-order chi connectivity index (χ1) is 10.4. The summed E-state index contributed by atoms with van der Waals surface area (Å²) in [6.45, 7) is 0. The fraction of sp³-hybridized carbons (Fsp3) is 0. The van der Waals surface area contributed by atoms with E-state index in [1.165, 1.54) is 12.1 Å². The van der Waals surface area contributed by atoms with Crippen LogP contribution in [0.25, 0.3) is 0 Å². The highest BCUT2D eigenvalue weighted by atomic mass is 35.5. The number of nitro benzene ring substituents is 1. The van der Waals surface area contributed by atoms with E-state index >= 15 is 0 Å². The summed E-state index contributed by atoms with van der Waals surface area (Å²) in [5.41, 5.74) is -0.816. The molecule has 0 saturated carbocycles. The maximum atomic E-state index is 13.4. The molecule has 22 heavy (non-hydrogen) atoms. The summed E-state index contributed by atoms with van der Waals surface area (Å²) >= 11 is 5.63. The van der Waals surface area contributed by atoms with E-state index in [1.807, 2.05) is 0 Å². The van der Waals surface area contributed by atoms with Crippen molar-refractivity contribution in [2.45, 2.75) is 0 Å². The molecule has 0 aromatic heterocycles. The Morgan fingerprint density at radius 1 is 1.09 bits per heavy atom. The molecule has 1 aliphatic rings. The fourth-order valence-corrected chi connectivity index (χ4v) is 2.42. The van der Waals surface area contributed by atoms with Crippen LogP contribution in [0.3, 0.4) is 0 Å². The monoisotopic (exact) mass is 320 g/mol. The molecule has 0 atom stereocenters. The molecule has 2 aromatic rings. The number of amides is 2. The molecule has 3 rings (SSSR count). The number of nitrogens with zero attached hydrogens (tertiary/aromatic N) is 2. The van der Waals surface area contributed by atoms with Crippen molar-refractivity contribution >= 4 is 34.8 Å². The quantitative estimate of drug-likeness (QED) is 0.483. The van der Waals surface area contributed by atoms with Crippen LogP contribution in [-0.4, -0.2) is 16.7 Å². The summed E-state index contributed by atoms with van der Waals surface area (Å²) in [6, 6.07) is 7.50. The van der Waals surface area contributed by atoms with E-state index < -0.39 is 33.3 Å². The molecule has 2 amide bonds. The molecule has 0 N–H and O–H groups in total. The van der Waals surface area contributed by atoms with Gasteiger partial charge < -0.3 is 0 Å². The number of halogens is 2. The highest BCUT2D eigenvalue weighted by Gasteiger charge is 2.40. The summed E-state index contributed by atoms with van der Waals surface area (Å²) < 4.78 is 13.4. The minimum absolute atomic E-state index is 0.127. The van der Waals surface area contributed by atoms with Gasteiger partial charge in [-0.05, 0) is 18.2 Å². The average Bonchev–Trinajstić information content (AvgIpc) is 2.74. The maximum Gasteiger partial charge on any atom is 0.296 e. The summed E-state index contributed by atoms with van der Waals surface area (Å²) in [7, 11) is 0. The summed E-state index contributed by atoms with van der Waals surface area (Å²) in [5.74, 6) is -2.44. The van der Waals surface area contributed by atoms with Crippen molar-refractivity contribution in [3.63, 3.8) is 0 Å². The largest absolute Gasteiger partial charge is 0.296 e. The molecule has 0 radical (unpaired) electrons. The standard InChI is InChI=1S/C14H6ClFN2O4/c15-9-5-11(12(18(21)22)6-10(9)16)17-13(19)7-3-1-2-4-8(7)14(17)20/h1-6H. The zero-order valence-electron chi connectivity index (χ0n) is 10.7. The predicted octanol–water partition coefficient (Wildman–Crippen LogP) is 3.19. The first kappa shape index (κ1) is 14.2. The Labute approximate surface area is 127 Å². The number of hydrogen-bond acceptors (Lipinski definition) is 4. The van der Waals surface area contributed by atoms with E-state index in [4.69, 9.17) is 11.6 Å². The van der Waals surface area contributed by atoms with E-state index in [1.54, 1.807) is 12.1 Å². The van der Waals surface area contributed by atoms with Gasteiger partial charge in [-0.25, -0.2) is 9.29 Å². The van der Waals surface area contributed by atoms with Gasteiger partial charge in [0.15, 0.2) is 0 Å². The first-order valence-electron chi connectivity index (χ1n) is 6.03. The van der Waals surface area contributed by atoms with E-state index in [-0.39, 0.29) is 16.8 Å². The van der Waals surface area contributed by atoms with Crippen LogP contribution in [0.5, 0.6) is 0 Å². The average molecular weight is 321 g/mol. The summed E-state index contributed by atoms with van der Waals surface area (Å²) in [6.07, 6.45) is 0. The van der Waals surface area contributed by atoms with Crippen molar-refractivity contribution in [2.75, 3.05) is 4.90 Å². The van der Waals surface area contributed by atoms with Crippen molar-refractivity contribution in [2.24, 2.45) is 0 Å². The number of carbonyl (C=O) groups excluding carboxylic acids is 2. The Morgan fingerprint density at radius 3 is 2.14 bits per heavy atom. The lowest BCUT2D eigenvalue weighted by Crippen LogP contribution is -2.30. The van der Waals surface area contributed by atoms with Crippen molar-refractivity contribution in [1.29, 1.82) is 0 Å². The highest BCUT2D eigenvalue weighted by Crippen LogP contribution is 2.37. The van der Waals surface area contributed by atoms with Crippen LogP contribution in [0, 0.1) is 15.9 Å². The number of imide groups is 1. The number of nitro groups is 1. The van der Waals surface area contributed by atoms with Crippen molar-refractivity contribution in [3.8, 4) is 0 Å². The number of hydrogen-bond donors (Lipinski definition) is 0. The highest BCUT2D eigenvalue weighted by molar-refractivity contribution is 6.36. The lowest BCUT2D eigenvalue weighted by molar-refractivity contribution is -0.384. The molecule has 6 nitrogen and oxygen atoms in total. The van der Waals surface area contributed by atoms with Gasteiger partial charge >= 0.3 is 0 Å². The zero-order valence-corrected chi connectivity index (χ0v) is 11.5. The molecule has 0 aliphatic carbocycles. The second-order valence-electron chi connectivity index (χ2n) is 4.50. The molecule has 2 aromatic carbocycles. The second kappa shape index (κ2) is 4.88. The van der Waals surface area contributed by atoms with Gasteiger partial charge in [0, 0.05) is 0 Å². The Morgan fingerprint density at radius 2 is 1.64 bits per heavy atom. The molecule has 0 saturated heterocycles. The minimum atomic E-state index is -1.01. The minimum Gasteiger partial charge on any atom is -0.268 e. The third-order valence-corrected chi connectivity index (χ3v) is 3.54. The second-order valence-corrected chi connectivity index (χ2v) is 4.91. The van der Waals surface area contributed by atoms with Crippen LogP contribution in [0.1, 0.15) is 20.7 Å². The molecular formula is C14H6ClFN2O4. The van der Waals surface area contributed by atoms with Crippen LogP contribution in [0.4, 0.5) is 15.8 Å². The normalized spacial score (nSPS) is 13.5. The van der Waals surface area contributed by atoms with Gasteiger partial charge in [-0.15, -0.1) is 0 Å². The van der Waals surface area contributed by atoms with E-state index in [9.17, 15) is 24.1 Å². The molecule has 1 heterocycles. The smallest absolute Gasteiger partial charge is 0.268 e. The Kier molecular flexibility index (Phi) is 3.14. The Balaban J connectivity index is 2.22. The molecule has 0 bridgehead atoms. The van der Waals surface area contributed by atoms with Crippen LogP contribution >= 0.6 is 11.6 Å². The van der Waals surface area contributed by atoms with Gasteiger partial charge in [0.25, 0.3) is 17.5 Å². The molecular weight excluding hydrogens is 315 g/mol. The number of benzene rings is 2. The molecule has 0 spiro atoms. The van der Waals surface area contributed by atoms with E-state index in [0.717, 1.165) is 6.07 Å². The molecule has 0 unspecified atom stereocenters. The van der Waals surface area contributed by atoms with Crippen LogP contribution < -0.4 is 4.90 Å². The molecule has 110 valence electrons. The molecule has 1 aliphatic heterocycles. The van der Waals surface area contributed by atoms with Gasteiger partial charge in [-0.3, -0.25) is 19.7 Å². The number of fused-ring (bicyclic) bond motifs is 1. The number of rotatable bonds is 2. The number of carbonyl (C=O) groups is 2. The first-order valence-corrected chi connectivity index (χ1v) is 6.41. The van der Waals surface area contributed by atoms with Gasteiger partial charge in [0.1, 0.15) is 11.5 Å². The predicted molar refractivity (Wildman–Crippen MR) is 75.6 cm³/mol. The molecule has 8 heteroatoms. The van der Waals surface area contributed by atoms with Gasteiger partial charge in [-0.2, -0.15) is 0 Å². The van der Waals surface area contributed by atoms with Crippen LogP contribution in [-0.2, 0) is 0 Å². The van der Waals surface area contributed by atoms with Crippen molar-refractivity contribution < 1.29 is 18.9 Å². The van der Waals surface area contributed by atoms with Gasteiger partial charge in [0.2, 0.25) is 0 Å². The Hall–Kier alpha value is -2.80. The fourth-order valence-electron chi connectivity index (χ4n) is 2.26. The summed E-state index contributed by atoms with van der Waals surface area (Å²) in [4.78, 5) is 35.5. The third kappa shape index (κ3) is 1.94. The van der Waals surface area contributed by atoms with Gasteiger partial charge in [-0.1, -0.05) is 23.7 Å².